The molecule has 3 rings (SSSR count). The Hall–Kier alpha value is -2.08. The van der Waals surface area contributed by atoms with E-state index < -0.39 is 51.5 Å². The molecule has 0 saturated carbocycles. The first-order valence-corrected chi connectivity index (χ1v) is 10.8. The van der Waals surface area contributed by atoms with Gasteiger partial charge in [-0.2, -0.15) is 21.6 Å². The standard InChI is InChI=1S/C18H23F4N3O4S/c1-17(2,18(20,21)22)5-6-23-11-4-3-10-7-13(26)16(15(19)12(10)8-11)25-9-14(27)24-30(25,28)29/h7,11,23,26H,3-6,8-9H2,1-2H3,(H,24,27). The first-order chi connectivity index (χ1) is 13.7. The molecule has 0 bridgehead atoms. The van der Waals surface area contributed by atoms with Crippen LogP contribution in [-0.2, 0) is 27.8 Å². The van der Waals surface area contributed by atoms with Gasteiger partial charge in [0.05, 0.1) is 5.41 Å². The van der Waals surface area contributed by atoms with Crippen LogP contribution in [0.1, 0.15) is 37.8 Å². The molecule has 1 aromatic rings. The average molecular weight is 453 g/mol. The lowest BCUT2D eigenvalue weighted by Crippen LogP contribution is -2.40. The van der Waals surface area contributed by atoms with Crippen molar-refractivity contribution in [3.63, 3.8) is 0 Å². The highest BCUT2D eigenvalue weighted by atomic mass is 32.2. The van der Waals surface area contributed by atoms with Crippen LogP contribution in [0, 0.1) is 11.2 Å². The van der Waals surface area contributed by atoms with E-state index in [-0.39, 0.29) is 31.0 Å². The van der Waals surface area contributed by atoms with Gasteiger partial charge in [-0.1, -0.05) is 13.8 Å². The van der Waals surface area contributed by atoms with E-state index >= 15 is 4.39 Å². The Morgan fingerprint density at radius 3 is 2.57 bits per heavy atom. The second-order valence-corrected chi connectivity index (χ2v) is 9.85. The number of hydrogen-bond acceptors (Lipinski definition) is 5. The van der Waals surface area contributed by atoms with Crippen molar-refractivity contribution in [3.05, 3.63) is 23.0 Å². The summed E-state index contributed by atoms with van der Waals surface area (Å²) in [7, 11) is -4.31. The van der Waals surface area contributed by atoms with Crippen molar-refractivity contribution in [1.82, 2.24) is 10.0 Å². The quantitative estimate of drug-likeness (QED) is 0.594. The number of aromatic hydroxyl groups is 1. The molecule has 1 atom stereocenters. The van der Waals surface area contributed by atoms with E-state index in [0.29, 0.717) is 22.7 Å². The van der Waals surface area contributed by atoms with Gasteiger partial charge < -0.3 is 10.4 Å². The Morgan fingerprint density at radius 2 is 2.00 bits per heavy atom. The maximum Gasteiger partial charge on any atom is 0.394 e. The van der Waals surface area contributed by atoms with Gasteiger partial charge in [0.25, 0.3) is 5.91 Å². The molecule has 2 aliphatic rings. The number of phenols is 1. The summed E-state index contributed by atoms with van der Waals surface area (Å²) in [6.45, 7) is 1.66. The Morgan fingerprint density at radius 1 is 1.33 bits per heavy atom. The number of anilines is 1. The lowest BCUT2D eigenvalue weighted by molar-refractivity contribution is -0.213. The van der Waals surface area contributed by atoms with Gasteiger partial charge in [-0.25, -0.2) is 13.4 Å². The fourth-order valence-corrected chi connectivity index (χ4v) is 4.79. The summed E-state index contributed by atoms with van der Waals surface area (Å²) in [6, 6.07) is 0.970. The molecule has 1 fully saturated rings. The molecule has 168 valence electrons. The smallest absolute Gasteiger partial charge is 0.394 e. The number of phenolic OH excluding ortho intramolecular Hbond substituents is 1. The predicted molar refractivity (Wildman–Crippen MR) is 101 cm³/mol. The Kier molecular flexibility index (Phi) is 5.69. The number of carbonyl (C=O) groups is 1. The molecule has 0 radical (unpaired) electrons. The second-order valence-electron chi connectivity index (χ2n) is 8.26. The van der Waals surface area contributed by atoms with Gasteiger partial charge in [0.2, 0.25) is 0 Å². The topological polar surface area (TPSA) is 98.7 Å². The zero-order chi connectivity index (χ0) is 22.5. The minimum atomic E-state index is -4.33. The summed E-state index contributed by atoms with van der Waals surface area (Å²) in [5.74, 6) is -2.39. The molecule has 1 heterocycles. The van der Waals surface area contributed by atoms with Gasteiger partial charge in [-0.3, -0.25) is 4.79 Å². The maximum absolute atomic E-state index is 15.2. The van der Waals surface area contributed by atoms with E-state index in [0.717, 1.165) is 13.8 Å². The molecular formula is C18H23F4N3O4S. The number of hydrogen-bond donors (Lipinski definition) is 3. The van der Waals surface area contributed by atoms with Crippen molar-refractivity contribution in [1.29, 1.82) is 0 Å². The molecule has 1 saturated heterocycles. The average Bonchev–Trinajstić information content (AvgIpc) is 2.86. The van der Waals surface area contributed by atoms with Crippen molar-refractivity contribution in [3.8, 4) is 5.75 Å². The lowest BCUT2D eigenvalue weighted by Gasteiger charge is -2.31. The summed E-state index contributed by atoms with van der Waals surface area (Å²) >= 11 is 0. The van der Waals surface area contributed by atoms with Crippen LogP contribution in [0.5, 0.6) is 5.75 Å². The summed E-state index contributed by atoms with van der Waals surface area (Å²) in [6.07, 6.45) is -3.47. The largest absolute Gasteiger partial charge is 0.506 e. The molecular weight excluding hydrogens is 430 g/mol. The van der Waals surface area contributed by atoms with E-state index in [9.17, 15) is 31.5 Å². The molecule has 1 unspecified atom stereocenters. The third-order valence-electron chi connectivity index (χ3n) is 5.65. The number of halogens is 4. The third-order valence-corrected chi connectivity index (χ3v) is 7.02. The van der Waals surface area contributed by atoms with Gasteiger partial charge in [-0.05, 0) is 49.4 Å². The van der Waals surface area contributed by atoms with Crippen molar-refractivity contribution in [2.45, 2.75) is 51.7 Å². The van der Waals surface area contributed by atoms with Gasteiger partial charge in [0.1, 0.15) is 18.0 Å². The fourth-order valence-electron chi connectivity index (χ4n) is 3.63. The van der Waals surface area contributed by atoms with E-state index in [1.54, 1.807) is 4.72 Å². The number of nitrogens with zero attached hydrogens (tertiary/aromatic N) is 1. The number of alkyl halides is 3. The van der Waals surface area contributed by atoms with Crippen LogP contribution in [0.2, 0.25) is 0 Å². The minimum absolute atomic E-state index is 0.0813. The SMILES string of the molecule is CC(C)(CCNC1CCc2cc(O)c(N3CC(=O)NS3(=O)=O)c(F)c2C1)C(F)(F)F. The molecule has 1 aliphatic heterocycles. The van der Waals surface area contributed by atoms with Crippen molar-refractivity contribution >= 4 is 21.8 Å². The molecule has 1 aromatic carbocycles. The Bertz CT molecular complexity index is 963. The molecule has 1 amide bonds. The van der Waals surface area contributed by atoms with E-state index in [1.165, 1.54) is 6.07 Å². The fraction of sp³-hybridized carbons (Fsp3) is 0.611. The maximum atomic E-state index is 15.2. The summed E-state index contributed by atoms with van der Waals surface area (Å²) in [4.78, 5) is 11.4. The molecule has 12 heteroatoms. The zero-order valence-corrected chi connectivity index (χ0v) is 17.3. The highest BCUT2D eigenvalue weighted by molar-refractivity contribution is 7.92. The molecule has 30 heavy (non-hydrogen) atoms. The number of fused-ring (bicyclic) bond motifs is 1. The van der Waals surface area contributed by atoms with Gasteiger partial charge in [0, 0.05) is 6.04 Å². The number of rotatable bonds is 5. The Labute approximate surface area is 171 Å². The van der Waals surface area contributed by atoms with E-state index in [2.05, 4.69) is 5.32 Å². The number of benzene rings is 1. The molecule has 0 aromatic heterocycles. The first-order valence-electron chi connectivity index (χ1n) is 9.39. The highest BCUT2D eigenvalue weighted by Gasteiger charge is 2.46. The molecule has 3 N–H and O–H groups in total. The van der Waals surface area contributed by atoms with Crippen LogP contribution in [0.4, 0.5) is 23.2 Å². The summed E-state index contributed by atoms with van der Waals surface area (Å²) in [5.41, 5.74) is -1.79. The van der Waals surface area contributed by atoms with Crippen LogP contribution in [0.3, 0.4) is 0 Å². The van der Waals surface area contributed by atoms with Gasteiger partial charge >= 0.3 is 16.4 Å². The van der Waals surface area contributed by atoms with Crippen LogP contribution in [0.15, 0.2) is 6.07 Å². The van der Waals surface area contributed by atoms with Crippen LogP contribution in [-0.4, -0.2) is 44.7 Å². The normalized spacial score (nSPS) is 21.5. The lowest BCUT2D eigenvalue weighted by atomic mass is 9.86. The number of aryl methyl sites for hydroxylation is 1. The van der Waals surface area contributed by atoms with E-state index in [4.69, 9.17) is 0 Å². The number of nitrogens with one attached hydrogen (secondary N) is 2. The highest BCUT2D eigenvalue weighted by Crippen LogP contribution is 2.41. The molecule has 1 aliphatic carbocycles. The first kappa shape index (κ1) is 22.6. The van der Waals surface area contributed by atoms with Crippen molar-refractivity contribution < 1.29 is 35.9 Å². The van der Waals surface area contributed by atoms with Gasteiger partial charge in [-0.15, -0.1) is 0 Å². The van der Waals surface area contributed by atoms with Gasteiger partial charge in [0.15, 0.2) is 5.82 Å². The number of amides is 1. The number of carbonyl (C=O) groups excluding carboxylic acids is 1. The van der Waals surface area contributed by atoms with Crippen LogP contribution < -0.4 is 14.3 Å². The molecule has 7 nitrogen and oxygen atoms in total. The monoisotopic (exact) mass is 453 g/mol. The van der Waals surface area contributed by atoms with E-state index in [1.807, 2.05) is 0 Å². The summed E-state index contributed by atoms with van der Waals surface area (Å²) < 4.78 is 80.4. The van der Waals surface area contributed by atoms with Crippen molar-refractivity contribution in [2.24, 2.45) is 5.41 Å². The van der Waals surface area contributed by atoms with Crippen LogP contribution >= 0.6 is 0 Å². The third kappa shape index (κ3) is 4.20. The zero-order valence-electron chi connectivity index (χ0n) is 16.4. The molecule has 0 spiro atoms. The van der Waals surface area contributed by atoms with Crippen molar-refractivity contribution in [2.75, 3.05) is 17.4 Å². The predicted octanol–water partition coefficient (Wildman–Crippen LogP) is 2.14. The minimum Gasteiger partial charge on any atom is -0.506 e. The summed E-state index contributed by atoms with van der Waals surface area (Å²) in [5, 5.41) is 13.2. The Balaban J connectivity index is 1.78. The van der Waals surface area contributed by atoms with Crippen LogP contribution in [0.25, 0.3) is 0 Å². The second kappa shape index (κ2) is 7.56.